The fourth-order valence-corrected chi connectivity index (χ4v) is 2.69. The second kappa shape index (κ2) is 11.6. The summed E-state index contributed by atoms with van der Waals surface area (Å²) in [5, 5.41) is 3.38. The molecule has 0 saturated carbocycles. The summed E-state index contributed by atoms with van der Waals surface area (Å²) in [6.45, 7) is 12.7. The molecule has 122 valence electrons. The van der Waals surface area contributed by atoms with Crippen LogP contribution in [0, 0.1) is 0 Å². The van der Waals surface area contributed by atoms with Crippen LogP contribution in [0.3, 0.4) is 0 Å². The van der Waals surface area contributed by atoms with Crippen molar-refractivity contribution in [3.8, 4) is 0 Å². The molecule has 4 heteroatoms. The number of rotatable bonds is 10. The fourth-order valence-electron chi connectivity index (χ4n) is 2.69. The molecule has 0 amide bonds. The van der Waals surface area contributed by atoms with Crippen LogP contribution < -0.4 is 5.32 Å². The van der Waals surface area contributed by atoms with Crippen LogP contribution >= 0.6 is 0 Å². The van der Waals surface area contributed by atoms with Crippen molar-refractivity contribution in [2.45, 2.75) is 45.4 Å². The van der Waals surface area contributed by atoms with Gasteiger partial charge in [0.1, 0.15) is 0 Å². The van der Waals surface area contributed by atoms with Crippen LogP contribution in [0.5, 0.6) is 0 Å². The van der Waals surface area contributed by atoms with Gasteiger partial charge in [0.05, 0.1) is 0 Å². The molecule has 1 fully saturated rings. The number of nitrogens with zero attached hydrogens (tertiary/aromatic N) is 3. The van der Waals surface area contributed by atoms with E-state index in [1.807, 2.05) is 6.08 Å². The van der Waals surface area contributed by atoms with Gasteiger partial charge in [-0.05, 0) is 65.1 Å². The minimum atomic E-state index is 0.929. The molecule has 1 saturated heterocycles. The van der Waals surface area contributed by atoms with E-state index in [0.717, 1.165) is 38.4 Å². The second-order valence-electron chi connectivity index (χ2n) is 5.84. The third kappa shape index (κ3) is 8.10. The summed E-state index contributed by atoms with van der Waals surface area (Å²) in [6.07, 6.45) is 9.42. The number of unbranched alkanes of at least 4 members (excludes halogenated alkanes) is 2. The number of allylic oxidation sites excluding steroid dienone is 1. The predicted octanol–water partition coefficient (Wildman–Crippen LogP) is 2.73. The Hall–Kier alpha value is -1.03. The molecule has 1 rings (SSSR count). The van der Waals surface area contributed by atoms with Gasteiger partial charge in [0.2, 0.25) is 0 Å². The Labute approximate surface area is 131 Å². The molecular formula is C17H34N4. The molecule has 0 spiro atoms. The van der Waals surface area contributed by atoms with Gasteiger partial charge in [-0.3, -0.25) is 4.99 Å². The lowest BCUT2D eigenvalue weighted by molar-refractivity contribution is 0.331. The number of hydrogen-bond acceptors (Lipinski definition) is 2. The molecule has 0 unspecified atom stereocenters. The SMILES string of the molecule is C=CCCCN(C)C(=NCCCCN1CCCC1)NCC. The molecule has 0 aromatic carbocycles. The average Bonchev–Trinajstić information content (AvgIpc) is 2.99. The largest absolute Gasteiger partial charge is 0.357 e. The Morgan fingerprint density at radius 2 is 2.05 bits per heavy atom. The van der Waals surface area contributed by atoms with Gasteiger partial charge in [-0.15, -0.1) is 6.58 Å². The van der Waals surface area contributed by atoms with E-state index in [-0.39, 0.29) is 0 Å². The molecule has 0 aromatic heterocycles. The molecule has 1 aliphatic rings. The lowest BCUT2D eigenvalue weighted by Crippen LogP contribution is -2.39. The Morgan fingerprint density at radius 3 is 2.71 bits per heavy atom. The van der Waals surface area contributed by atoms with Crippen LogP contribution in [-0.4, -0.2) is 62.1 Å². The highest BCUT2D eigenvalue weighted by molar-refractivity contribution is 5.79. The summed E-state index contributed by atoms with van der Waals surface area (Å²) in [5.41, 5.74) is 0. The Balaban J connectivity index is 2.20. The highest BCUT2D eigenvalue weighted by Gasteiger charge is 2.10. The number of guanidine groups is 1. The highest BCUT2D eigenvalue weighted by atomic mass is 15.3. The first-order valence-corrected chi connectivity index (χ1v) is 8.60. The molecule has 1 aliphatic heterocycles. The van der Waals surface area contributed by atoms with Gasteiger partial charge >= 0.3 is 0 Å². The van der Waals surface area contributed by atoms with E-state index in [1.54, 1.807) is 0 Å². The molecule has 0 aromatic rings. The van der Waals surface area contributed by atoms with Gasteiger partial charge in [-0.1, -0.05) is 6.08 Å². The van der Waals surface area contributed by atoms with Crippen LogP contribution in [0.2, 0.25) is 0 Å². The standard InChI is InChI=1S/C17H34N4/c1-4-6-8-13-20(3)17(18-5-2)19-12-7-9-14-21-15-10-11-16-21/h4H,1,5-16H2,2-3H3,(H,18,19). The average molecular weight is 294 g/mol. The number of aliphatic imine (C=N–C) groups is 1. The molecule has 1 heterocycles. The number of nitrogens with one attached hydrogen (secondary N) is 1. The lowest BCUT2D eigenvalue weighted by Gasteiger charge is -2.21. The van der Waals surface area contributed by atoms with Crippen molar-refractivity contribution in [3.63, 3.8) is 0 Å². The zero-order chi connectivity index (χ0) is 15.3. The van der Waals surface area contributed by atoms with Crippen molar-refractivity contribution < 1.29 is 0 Å². The monoisotopic (exact) mass is 294 g/mol. The molecule has 0 bridgehead atoms. The lowest BCUT2D eigenvalue weighted by atomic mass is 10.3. The van der Waals surface area contributed by atoms with Crippen molar-refractivity contribution >= 4 is 5.96 Å². The van der Waals surface area contributed by atoms with Crippen LogP contribution in [-0.2, 0) is 0 Å². The van der Waals surface area contributed by atoms with Crippen LogP contribution in [0.1, 0.15) is 45.4 Å². The molecule has 0 aliphatic carbocycles. The van der Waals surface area contributed by atoms with Crippen molar-refractivity contribution in [3.05, 3.63) is 12.7 Å². The molecule has 0 atom stereocenters. The molecular weight excluding hydrogens is 260 g/mol. The molecule has 1 N–H and O–H groups in total. The normalized spacial score (nSPS) is 16.2. The van der Waals surface area contributed by atoms with E-state index >= 15 is 0 Å². The first-order chi connectivity index (χ1) is 10.3. The maximum Gasteiger partial charge on any atom is 0.193 e. The van der Waals surface area contributed by atoms with E-state index in [2.05, 4.69) is 35.7 Å². The predicted molar refractivity (Wildman–Crippen MR) is 92.9 cm³/mol. The zero-order valence-corrected chi connectivity index (χ0v) is 14.1. The van der Waals surface area contributed by atoms with Crippen molar-refractivity contribution in [2.24, 2.45) is 4.99 Å². The third-order valence-electron chi connectivity index (χ3n) is 3.94. The van der Waals surface area contributed by atoms with Crippen molar-refractivity contribution in [1.82, 2.24) is 15.1 Å². The van der Waals surface area contributed by atoms with Gasteiger partial charge < -0.3 is 15.1 Å². The van der Waals surface area contributed by atoms with E-state index < -0.39 is 0 Å². The smallest absolute Gasteiger partial charge is 0.193 e. The molecule has 4 nitrogen and oxygen atoms in total. The Bertz CT molecular complexity index is 295. The highest BCUT2D eigenvalue weighted by Crippen LogP contribution is 2.08. The van der Waals surface area contributed by atoms with Crippen molar-refractivity contribution in [2.75, 3.05) is 46.3 Å². The number of likely N-dealkylation sites (tertiary alicyclic amines) is 1. The summed E-state index contributed by atoms with van der Waals surface area (Å²) in [7, 11) is 2.12. The number of hydrogen-bond donors (Lipinski definition) is 1. The van der Waals surface area contributed by atoms with Gasteiger partial charge in [0, 0.05) is 26.7 Å². The zero-order valence-electron chi connectivity index (χ0n) is 14.1. The quantitative estimate of drug-likeness (QED) is 0.291. The molecule has 0 radical (unpaired) electrons. The van der Waals surface area contributed by atoms with Crippen LogP contribution in [0.15, 0.2) is 17.6 Å². The minimum absolute atomic E-state index is 0.929. The van der Waals surface area contributed by atoms with Crippen LogP contribution in [0.4, 0.5) is 0 Å². The first-order valence-electron chi connectivity index (χ1n) is 8.60. The third-order valence-corrected chi connectivity index (χ3v) is 3.94. The minimum Gasteiger partial charge on any atom is -0.357 e. The summed E-state index contributed by atoms with van der Waals surface area (Å²) >= 11 is 0. The second-order valence-corrected chi connectivity index (χ2v) is 5.84. The van der Waals surface area contributed by atoms with Gasteiger partial charge in [-0.2, -0.15) is 0 Å². The fraction of sp³-hybridized carbons (Fsp3) is 0.824. The van der Waals surface area contributed by atoms with Crippen molar-refractivity contribution in [1.29, 1.82) is 0 Å². The first kappa shape index (κ1) is 18.0. The molecule has 21 heavy (non-hydrogen) atoms. The van der Waals surface area contributed by atoms with Gasteiger partial charge in [0.25, 0.3) is 0 Å². The summed E-state index contributed by atoms with van der Waals surface area (Å²) < 4.78 is 0. The summed E-state index contributed by atoms with van der Waals surface area (Å²) in [5.74, 6) is 1.04. The van der Waals surface area contributed by atoms with Gasteiger partial charge in [0.15, 0.2) is 5.96 Å². The maximum absolute atomic E-state index is 4.74. The Kier molecular flexibility index (Phi) is 9.96. The summed E-state index contributed by atoms with van der Waals surface area (Å²) in [6, 6.07) is 0. The van der Waals surface area contributed by atoms with E-state index in [9.17, 15) is 0 Å². The topological polar surface area (TPSA) is 30.9 Å². The maximum atomic E-state index is 4.74. The Morgan fingerprint density at radius 1 is 1.29 bits per heavy atom. The van der Waals surface area contributed by atoms with E-state index in [0.29, 0.717) is 0 Å². The van der Waals surface area contributed by atoms with Gasteiger partial charge in [-0.25, -0.2) is 0 Å². The van der Waals surface area contributed by atoms with E-state index in [4.69, 9.17) is 4.99 Å². The van der Waals surface area contributed by atoms with E-state index in [1.165, 1.54) is 45.3 Å². The summed E-state index contributed by atoms with van der Waals surface area (Å²) in [4.78, 5) is 9.55. The van der Waals surface area contributed by atoms with Crippen LogP contribution in [0.25, 0.3) is 0 Å².